The quantitative estimate of drug-likeness (QED) is 0.162. The molecule has 0 unspecified atom stereocenters. The average molecular weight is 620 g/mol. The number of amides is 1. The molecule has 1 amide bonds. The zero-order valence-electron chi connectivity index (χ0n) is 23.3. The van der Waals surface area contributed by atoms with E-state index in [0.717, 1.165) is 12.1 Å². The molecule has 0 spiro atoms. The smallest absolute Gasteiger partial charge is 0.255 e. The average Bonchev–Trinajstić information content (AvgIpc) is 3.59. The summed E-state index contributed by atoms with van der Waals surface area (Å²) in [6, 6.07) is 15.0. The zero-order valence-corrected chi connectivity index (χ0v) is 24.1. The third-order valence-corrected chi connectivity index (χ3v) is 8.46. The highest BCUT2D eigenvalue weighted by atomic mass is 32.2. The first-order valence-corrected chi connectivity index (χ1v) is 15.0. The van der Waals surface area contributed by atoms with Gasteiger partial charge in [0.05, 0.1) is 39.6 Å². The number of fused-ring (bicyclic) bond motifs is 2. The van der Waals surface area contributed by atoms with Crippen molar-refractivity contribution in [2.45, 2.75) is 6.92 Å². The number of benzene rings is 3. The first kappa shape index (κ1) is 28.8. The number of carbonyl (C=O) groups excluding carboxylic acids is 1. The van der Waals surface area contributed by atoms with Gasteiger partial charge < -0.3 is 20.5 Å². The van der Waals surface area contributed by atoms with Crippen molar-refractivity contribution in [3.63, 3.8) is 0 Å². The molecule has 0 aliphatic heterocycles. The van der Waals surface area contributed by atoms with Gasteiger partial charge in [-0.2, -0.15) is 0 Å². The summed E-state index contributed by atoms with van der Waals surface area (Å²) in [7, 11) is -2.44. The van der Waals surface area contributed by atoms with Crippen molar-refractivity contribution in [2.24, 2.45) is 0 Å². The number of furan rings is 1. The van der Waals surface area contributed by atoms with E-state index < -0.39 is 33.4 Å². The summed E-state index contributed by atoms with van der Waals surface area (Å²) >= 11 is 0. The molecule has 5 N–H and O–H groups in total. The minimum Gasteiger partial charge on any atom is -0.455 e. The van der Waals surface area contributed by atoms with Crippen molar-refractivity contribution in [3.8, 4) is 34.0 Å². The zero-order chi connectivity index (χ0) is 31.3. The second kappa shape index (κ2) is 10.8. The Morgan fingerprint density at radius 1 is 0.977 bits per heavy atom. The van der Waals surface area contributed by atoms with Gasteiger partial charge in [-0.1, -0.05) is 6.07 Å². The van der Waals surface area contributed by atoms with Crippen molar-refractivity contribution < 1.29 is 30.8 Å². The summed E-state index contributed by atoms with van der Waals surface area (Å²) in [5, 5.41) is 3.05. The monoisotopic (exact) mass is 619 g/mol. The number of nitrogens with one attached hydrogen (secondary N) is 3. The fraction of sp³-hybridized carbons (Fsp3) is 0.0968. The maximum atomic E-state index is 14.9. The summed E-state index contributed by atoms with van der Waals surface area (Å²) in [5.41, 5.74) is 8.15. The maximum Gasteiger partial charge on any atom is 0.255 e. The van der Waals surface area contributed by atoms with Crippen LogP contribution >= 0.6 is 0 Å². The van der Waals surface area contributed by atoms with Crippen molar-refractivity contribution in [1.29, 1.82) is 0 Å². The molecule has 0 saturated carbocycles. The van der Waals surface area contributed by atoms with Crippen LogP contribution in [0.15, 0.2) is 71.1 Å². The first-order valence-electron chi connectivity index (χ1n) is 13.3. The van der Waals surface area contributed by atoms with E-state index in [4.69, 9.17) is 15.1 Å². The van der Waals surface area contributed by atoms with E-state index in [2.05, 4.69) is 15.0 Å². The number of hydrogen-bond acceptors (Lipinski definition) is 6. The van der Waals surface area contributed by atoms with Crippen molar-refractivity contribution in [3.05, 3.63) is 89.7 Å². The second-order valence-electron chi connectivity index (χ2n) is 9.93. The number of aromatic amines is 1. The van der Waals surface area contributed by atoms with Gasteiger partial charge in [-0.3, -0.25) is 9.52 Å². The number of rotatable bonds is 7. The molecule has 0 aliphatic carbocycles. The highest BCUT2D eigenvalue weighted by Crippen LogP contribution is 2.41. The predicted molar refractivity (Wildman–Crippen MR) is 163 cm³/mol. The molecule has 3 heterocycles. The Morgan fingerprint density at radius 2 is 1.77 bits per heavy atom. The first-order chi connectivity index (χ1) is 21.0. The van der Waals surface area contributed by atoms with Gasteiger partial charge in [0.2, 0.25) is 10.0 Å². The van der Waals surface area contributed by atoms with Crippen LogP contribution in [0.5, 0.6) is 0 Å². The number of anilines is 2. The van der Waals surface area contributed by atoms with Gasteiger partial charge in [-0.15, -0.1) is 0 Å². The van der Waals surface area contributed by atoms with E-state index in [1.54, 1.807) is 30.3 Å². The molecule has 0 atom stereocenters. The number of H-pyrrole nitrogens is 1. The number of nitrogen functional groups attached to an aromatic ring is 1. The number of aromatic nitrogens is 2. The van der Waals surface area contributed by atoms with Gasteiger partial charge in [-0.05, 0) is 55.5 Å². The minimum atomic E-state index is -3.83. The number of nitrogens with two attached hydrogens (primary N) is 1. The van der Waals surface area contributed by atoms with E-state index >= 15 is 0 Å². The van der Waals surface area contributed by atoms with E-state index in [0.29, 0.717) is 22.7 Å². The van der Waals surface area contributed by atoms with Crippen molar-refractivity contribution >= 4 is 49.2 Å². The number of pyridine rings is 1. The minimum absolute atomic E-state index is 0.0547. The molecule has 3 aromatic heterocycles. The van der Waals surface area contributed by atoms with E-state index in [-0.39, 0.29) is 61.9 Å². The topological polar surface area (TPSA) is 143 Å². The van der Waals surface area contributed by atoms with Crippen LogP contribution in [0.25, 0.3) is 55.8 Å². The fourth-order valence-electron chi connectivity index (χ4n) is 4.97. The third-order valence-electron chi connectivity index (χ3n) is 7.17. The lowest BCUT2D eigenvalue weighted by Crippen LogP contribution is -2.18. The number of sulfonamides is 1. The van der Waals surface area contributed by atoms with E-state index in [9.17, 15) is 26.4 Å². The second-order valence-corrected chi connectivity index (χ2v) is 11.9. The van der Waals surface area contributed by atoms with Crippen LogP contribution in [0.2, 0.25) is 0 Å². The van der Waals surface area contributed by atoms with Gasteiger partial charge in [0.1, 0.15) is 28.7 Å². The molecule has 0 saturated heterocycles. The molecule has 9 nitrogen and oxygen atoms in total. The third kappa shape index (κ3) is 5.00. The fourth-order valence-corrected chi connectivity index (χ4v) is 5.62. The summed E-state index contributed by atoms with van der Waals surface area (Å²) in [4.78, 5) is 20.9. The molecule has 6 aromatic rings. The Hall–Kier alpha value is -5.30. The molecule has 224 valence electrons. The molecule has 6 rings (SSSR count). The van der Waals surface area contributed by atoms with Crippen LogP contribution in [0.1, 0.15) is 17.3 Å². The molecule has 13 heteroatoms. The van der Waals surface area contributed by atoms with Crippen LogP contribution in [-0.2, 0) is 10.0 Å². The van der Waals surface area contributed by atoms with Crippen LogP contribution in [-0.4, -0.2) is 37.1 Å². The van der Waals surface area contributed by atoms with Crippen LogP contribution in [0, 0.1) is 17.5 Å². The Balaban J connectivity index is 1.62. The predicted octanol–water partition coefficient (Wildman–Crippen LogP) is 6.43. The summed E-state index contributed by atoms with van der Waals surface area (Å²) < 4.78 is 76.9. The molecular weight excluding hydrogens is 595 g/mol. The Labute approximate surface area is 249 Å². The number of hydrogen-bond donors (Lipinski definition) is 4. The Morgan fingerprint density at radius 3 is 2.48 bits per heavy atom. The highest BCUT2D eigenvalue weighted by molar-refractivity contribution is 7.92. The molecule has 0 fully saturated rings. The maximum absolute atomic E-state index is 14.9. The lowest BCUT2D eigenvalue weighted by Gasteiger charge is -2.14. The normalized spacial score (nSPS) is 11.8. The summed E-state index contributed by atoms with van der Waals surface area (Å²) in [5.74, 6) is -3.26. The van der Waals surface area contributed by atoms with Crippen LogP contribution < -0.4 is 15.8 Å². The number of halogens is 3. The lowest BCUT2D eigenvalue weighted by atomic mass is 10.0. The highest BCUT2D eigenvalue weighted by Gasteiger charge is 2.26. The summed E-state index contributed by atoms with van der Waals surface area (Å²) in [6.45, 7) is 1.46. The molecular formula is C31H24F3N5O4S. The molecule has 0 bridgehead atoms. The molecule has 0 aliphatic rings. The largest absolute Gasteiger partial charge is 0.455 e. The van der Waals surface area contributed by atoms with Gasteiger partial charge in [0.25, 0.3) is 5.91 Å². The van der Waals surface area contributed by atoms with Crippen molar-refractivity contribution in [2.75, 3.05) is 23.3 Å². The van der Waals surface area contributed by atoms with Crippen LogP contribution in [0.3, 0.4) is 0 Å². The van der Waals surface area contributed by atoms with Crippen molar-refractivity contribution in [1.82, 2.24) is 15.3 Å². The van der Waals surface area contributed by atoms with Gasteiger partial charge in [0, 0.05) is 41.0 Å². The number of nitrogens with zero attached hydrogens (tertiary/aromatic N) is 1. The van der Waals surface area contributed by atoms with Crippen LogP contribution in [0.4, 0.5) is 24.5 Å². The SMILES string of the molecule is CCS(=O)(=O)Nc1cc2oc(-c3ccc(F)cc3F)c(C(=O)NC)c2cc1-c1ccc(N)c(-c2cc3c(F)cccc3[nH]2)n1. The van der Waals surface area contributed by atoms with Gasteiger partial charge in [-0.25, -0.2) is 26.6 Å². The van der Waals surface area contributed by atoms with Gasteiger partial charge >= 0.3 is 0 Å². The summed E-state index contributed by atoms with van der Waals surface area (Å²) in [6.07, 6.45) is 0. The molecule has 0 radical (unpaired) electrons. The van der Waals surface area contributed by atoms with Gasteiger partial charge in [0.15, 0.2) is 5.76 Å². The molecule has 44 heavy (non-hydrogen) atoms. The standard InChI is InChI=1S/C31H24F3N5O4S/c1-3-44(41,42)39-25-14-27-19(28(31(40)36-2)30(43-27)16-8-7-15(32)11-21(16)34)12-18(25)24-10-9-22(35)29(38-24)26-13-17-20(33)5-4-6-23(17)37-26/h4-14,37,39H,3,35H2,1-2H3,(H,36,40). The van der Waals surface area contributed by atoms with E-state index in [1.165, 1.54) is 32.2 Å². The molecule has 3 aromatic carbocycles. The van der Waals surface area contributed by atoms with E-state index in [1.807, 2.05) is 0 Å². The lowest BCUT2D eigenvalue weighted by molar-refractivity contribution is 0.0964. The number of carbonyl (C=O) groups is 1. The Bertz CT molecular complexity index is 2230. The Kier molecular flexibility index (Phi) is 7.04.